The number of nitrogens with one attached hydrogen (secondary N) is 2. The van der Waals surface area contributed by atoms with Crippen LogP contribution in [0, 0.1) is 0 Å². The van der Waals surface area contributed by atoms with Gasteiger partial charge in [-0.2, -0.15) is 5.10 Å². The molecule has 1 aliphatic heterocycles. The van der Waals surface area contributed by atoms with Crippen molar-refractivity contribution < 1.29 is 9.59 Å². The van der Waals surface area contributed by atoms with Gasteiger partial charge in [-0.3, -0.25) is 14.3 Å². The molecule has 2 heterocycles. The normalized spacial score (nSPS) is 15.4. The maximum absolute atomic E-state index is 12.5. The number of rotatable bonds is 6. The number of likely N-dealkylation sites (tertiary alicyclic amines) is 1. The third kappa shape index (κ3) is 4.06. The molecule has 0 radical (unpaired) electrons. The minimum Gasteiger partial charge on any atom is -0.338 e. The predicted molar refractivity (Wildman–Crippen MR) is 94.7 cm³/mol. The Hall–Kier alpha value is -2.67. The summed E-state index contributed by atoms with van der Waals surface area (Å²) in [5, 5.41) is 10.0. The number of amides is 2. The Morgan fingerprint density at radius 1 is 1.32 bits per heavy atom. The van der Waals surface area contributed by atoms with Crippen LogP contribution in [-0.4, -0.2) is 40.1 Å². The van der Waals surface area contributed by atoms with E-state index in [0.717, 1.165) is 29.8 Å². The van der Waals surface area contributed by atoms with Crippen LogP contribution in [-0.2, 0) is 23.2 Å². The molecule has 1 aliphatic rings. The molecule has 132 valence electrons. The molecule has 0 aliphatic carbocycles. The standard InChI is InChI=1S/C18H23N5O2/c1-19-17(14-10-20-22(2)12-14)18(25)21-15-7-5-13(6-8-15)11-23-9-3-4-16(23)24/h5-8,10,12,17,19H,3-4,9,11H2,1-2H3,(H,21,25). The lowest BCUT2D eigenvalue weighted by Crippen LogP contribution is -2.30. The molecule has 1 atom stereocenters. The van der Waals surface area contributed by atoms with Crippen molar-refractivity contribution in [1.82, 2.24) is 20.0 Å². The van der Waals surface area contributed by atoms with Gasteiger partial charge in [-0.05, 0) is 31.2 Å². The summed E-state index contributed by atoms with van der Waals surface area (Å²) in [6, 6.07) is 7.16. The second-order valence-corrected chi connectivity index (χ2v) is 6.27. The first kappa shape index (κ1) is 17.2. The summed E-state index contributed by atoms with van der Waals surface area (Å²) in [4.78, 5) is 26.1. The number of nitrogens with zero attached hydrogens (tertiary/aromatic N) is 3. The van der Waals surface area contributed by atoms with Crippen LogP contribution in [0.5, 0.6) is 0 Å². The molecule has 7 nitrogen and oxygen atoms in total. The third-order valence-corrected chi connectivity index (χ3v) is 4.38. The summed E-state index contributed by atoms with van der Waals surface area (Å²) in [7, 11) is 3.56. The summed E-state index contributed by atoms with van der Waals surface area (Å²) >= 11 is 0. The van der Waals surface area contributed by atoms with Crippen LogP contribution < -0.4 is 10.6 Å². The molecule has 2 N–H and O–H groups in total. The van der Waals surface area contributed by atoms with Gasteiger partial charge in [-0.15, -0.1) is 0 Å². The summed E-state index contributed by atoms with van der Waals surface area (Å²) < 4.78 is 1.67. The zero-order valence-corrected chi connectivity index (χ0v) is 14.5. The summed E-state index contributed by atoms with van der Waals surface area (Å²) in [6.45, 7) is 1.45. The first-order valence-corrected chi connectivity index (χ1v) is 8.40. The van der Waals surface area contributed by atoms with Crippen LogP contribution in [0.4, 0.5) is 5.69 Å². The summed E-state index contributed by atoms with van der Waals surface area (Å²) in [6.07, 6.45) is 5.08. The van der Waals surface area contributed by atoms with E-state index in [1.54, 1.807) is 17.9 Å². The maximum atomic E-state index is 12.5. The van der Waals surface area contributed by atoms with Gasteiger partial charge in [0.05, 0.1) is 6.20 Å². The molecule has 0 spiro atoms. The quantitative estimate of drug-likeness (QED) is 0.833. The van der Waals surface area contributed by atoms with E-state index in [4.69, 9.17) is 0 Å². The smallest absolute Gasteiger partial charge is 0.246 e. The van der Waals surface area contributed by atoms with Crippen LogP contribution in [0.3, 0.4) is 0 Å². The number of carbonyl (C=O) groups is 2. The molecule has 1 aromatic carbocycles. The number of aryl methyl sites for hydroxylation is 1. The minimum atomic E-state index is -0.462. The number of benzene rings is 1. The lowest BCUT2D eigenvalue weighted by Gasteiger charge is -2.17. The molecular weight excluding hydrogens is 318 g/mol. The van der Waals surface area contributed by atoms with E-state index < -0.39 is 6.04 Å². The molecule has 1 fully saturated rings. The molecule has 1 unspecified atom stereocenters. The molecule has 1 saturated heterocycles. The van der Waals surface area contributed by atoms with Crippen LogP contribution >= 0.6 is 0 Å². The van der Waals surface area contributed by atoms with Gasteiger partial charge < -0.3 is 15.5 Å². The van der Waals surface area contributed by atoms with Crippen molar-refractivity contribution in [3.8, 4) is 0 Å². The van der Waals surface area contributed by atoms with Gasteiger partial charge in [0.2, 0.25) is 11.8 Å². The van der Waals surface area contributed by atoms with E-state index in [9.17, 15) is 9.59 Å². The van der Waals surface area contributed by atoms with Crippen LogP contribution in [0.2, 0.25) is 0 Å². The molecule has 3 rings (SSSR count). The van der Waals surface area contributed by atoms with Crippen molar-refractivity contribution in [2.24, 2.45) is 7.05 Å². The molecule has 25 heavy (non-hydrogen) atoms. The second-order valence-electron chi connectivity index (χ2n) is 6.27. The van der Waals surface area contributed by atoms with E-state index >= 15 is 0 Å². The van der Waals surface area contributed by atoms with Crippen molar-refractivity contribution in [3.05, 3.63) is 47.8 Å². The summed E-state index contributed by atoms with van der Waals surface area (Å²) in [5.74, 6) is 0.0729. The Balaban J connectivity index is 1.62. The lowest BCUT2D eigenvalue weighted by molar-refractivity contribution is -0.128. The van der Waals surface area contributed by atoms with E-state index in [1.807, 2.05) is 42.4 Å². The van der Waals surface area contributed by atoms with Crippen molar-refractivity contribution in [2.45, 2.75) is 25.4 Å². The number of carbonyl (C=O) groups excluding carboxylic acids is 2. The molecule has 7 heteroatoms. The fourth-order valence-electron chi connectivity index (χ4n) is 3.04. The SMILES string of the molecule is CNC(C(=O)Nc1ccc(CN2CCCC2=O)cc1)c1cnn(C)c1. The molecule has 2 amide bonds. The number of anilines is 1. The Kier molecular flexibility index (Phi) is 5.14. The van der Waals surface area contributed by atoms with Crippen molar-refractivity contribution in [3.63, 3.8) is 0 Å². The molecule has 0 bridgehead atoms. The molecule has 1 aromatic heterocycles. The Labute approximate surface area is 147 Å². The van der Waals surface area contributed by atoms with Gasteiger partial charge in [-0.25, -0.2) is 0 Å². The number of hydrogen-bond donors (Lipinski definition) is 2. The molecule has 0 saturated carbocycles. The van der Waals surface area contributed by atoms with Crippen molar-refractivity contribution in [2.75, 3.05) is 18.9 Å². The monoisotopic (exact) mass is 341 g/mol. The Bertz CT molecular complexity index is 753. The maximum Gasteiger partial charge on any atom is 0.246 e. The highest BCUT2D eigenvalue weighted by Gasteiger charge is 2.21. The van der Waals surface area contributed by atoms with E-state index in [2.05, 4.69) is 15.7 Å². The Morgan fingerprint density at radius 3 is 2.64 bits per heavy atom. The zero-order valence-electron chi connectivity index (χ0n) is 14.5. The fraction of sp³-hybridized carbons (Fsp3) is 0.389. The average Bonchev–Trinajstić information content (AvgIpc) is 3.19. The zero-order chi connectivity index (χ0) is 17.8. The van der Waals surface area contributed by atoms with Gasteiger partial charge in [0.25, 0.3) is 0 Å². The number of aromatic nitrogens is 2. The first-order valence-electron chi connectivity index (χ1n) is 8.40. The Morgan fingerprint density at radius 2 is 2.08 bits per heavy atom. The largest absolute Gasteiger partial charge is 0.338 e. The summed E-state index contributed by atoms with van der Waals surface area (Å²) in [5.41, 5.74) is 2.60. The van der Waals surface area contributed by atoms with Gasteiger partial charge in [0, 0.05) is 44.0 Å². The number of hydrogen-bond acceptors (Lipinski definition) is 4. The van der Waals surface area contributed by atoms with Crippen LogP contribution in [0.15, 0.2) is 36.7 Å². The molecular formula is C18H23N5O2. The third-order valence-electron chi connectivity index (χ3n) is 4.38. The van der Waals surface area contributed by atoms with Gasteiger partial charge in [-0.1, -0.05) is 12.1 Å². The fourth-order valence-corrected chi connectivity index (χ4v) is 3.04. The first-order chi connectivity index (χ1) is 12.1. The topological polar surface area (TPSA) is 79.3 Å². The second kappa shape index (κ2) is 7.48. The molecule has 2 aromatic rings. The van der Waals surface area contributed by atoms with Crippen molar-refractivity contribution >= 4 is 17.5 Å². The van der Waals surface area contributed by atoms with E-state index in [0.29, 0.717) is 13.0 Å². The van der Waals surface area contributed by atoms with E-state index in [1.165, 1.54) is 0 Å². The van der Waals surface area contributed by atoms with Gasteiger partial charge in [0.15, 0.2) is 0 Å². The lowest BCUT2D eigenvalue weighted by atomic mass is 10.1. The average molecular weight is 341 g/mol. The highest BCUT2D eigenvalue weighted by atomic mass is 16.2. The van der Waals surface area contributed by atoms with Gasteiger partial charge in [0.1, 0.15) is 6.04 Å². The highest BCUT2D eigenvalue weighted by Crippen LogP contribution is 2.18. The van der Waals surface area contributed by atoms with Crippen molar-refractivity contribution in [1.29, 1.82) is 0 Å². The van der Waals surface area contributed by atoms with E-state index in [-0.39, 0.29) is 11.8 Å². The van der Waals surface area contributed by atoms with Crippen LogP contribution in [0.1, 0.15) is 30.0 Å². The number of likely N-dealkylation sites (N-methyl/N-ethyl adjacent to an activating group) is 1. The minimum absolute atomic E-state index is 0.141. The predicted octanol–water partition coefficient (Wildman–Crippen LogP) is 1.44. The highest BCUT2D eigenvalue weighted by molar-refractivity contribution is 5.95. The van der Waals surface area contributed by atoms with Gasteiger partial charge >= 0.3 is 0 Å². The van der Waals surface area contributed by atoms with Crippen LogP contribution in [0.25, 0.3) is 0 Å².